The van der Waals surface area contributed by atoms with Crippen LogP contribution in [0.25, 0.3) is 16.6 Å². The van der Waals surface area contributed by atoms with Crippen LogP contribution in [0.15, 0.2) is 53.6 Å². The van der Waals surface area contributed by atoms with Gasteiger partial charge in [-0.1, -0.05) is 49.2 Å². The summed E-state index contributed by atoms with van der Waals surface area (Å²) < 4.78 is 1.46. The molecule has 0 unspecified atom stereocenters. The van der Waals surface area contributed by atoms with Crippen molar-refractivity contribution in [1.29, 1.82) is 0 Å². The predicted octanol–water partition coefficient (Wildman–Crippen LogP) is 5.52. The van der Waals surface area contributed by atoms with Gasteiger partial charge < -0.3 is 10.6 Å². The number of halogens is 2. The number of para-hydroxylation sites is 1. The number of anilines is 2. The first-order valence-electron chi connectivity index (χ1n) is 10.7. The molecule has 2 aromatic carbocycles. The fourth-order valence-corrected chi connectivity index (χ4v) is 5.02. The van der Waals surface area contributed by atoms with E-state index >= 15 is 0 Å². The van der Waals surface area contributed by atoms with Crippen molar-refractivity contribution in [3.63, 3.8) is 0 Å². The van der Waals surface area contributed by atoms with Crippen LogP contribution in [-0.2, 0) is 12.0 Å². The van der Waals surface area contributed by atoms with Gasteiger partial charge in [-0.3, -0.25) is 9.36 Å². The van der Waals surface area contributed by atoms with Gasteiger partial charge in [0, 0.05) is 36.6 Å². The average Bonchev–Trinajstić information content (AvgIpc) is 2.76. The van der Waals surface area contributed by atoms with E-state index in [0.717, 1.165) is 24.3 Å². The molecule has 0 amide bonds. The first kappa shape index (κ1) is 21.9. The molecule has 1 aliphatic rings. The monoisotopic (exact) mass is 479 g/mol. The predicted molar refractivity (Wildman–Crippen MR) is 134 cm³/mol. The van der Waals surface area contributed by atoms with E-state index in [1.165, 1.54) is 15.7 Å². The Kier molecular flexibility index (Phi) is 5.40. The van der Waals surface area contributed by atoms with Crippen LogP contribution in [0.5, 0.6) is 0 Å². The minimum Gasteiger partial charge on any atom is -0.324 e. The highest BCUT2D eigenvalue weighted by atomic mass is 35.5. The number of hydrogen-bond acceptors (Lipinski definition) is 5. The van der Waals surface area contributed by atoms with Crippen molar-refractivity contribution in [2.24, 2.45) is 0 Å². The highest BCUT2D eigenvalue weighted by Gasteiger charge is 2.27. The zero-order valence-corrected chi connectivity index (χ0v) is 20.1. The third-order valence-electron chi connectivity index (χ3n) is 6.09. The second kappa shape index (κ2) is 8.13. The molecule has 0 saturated carbocycles. The van der Waals surface area contributed by atoms with Crippen LogP contribution >= 0.6 is 23.2 Å². The van der Waals surface area contributed by atoms with Crippen molar-refractivity contribution in [2.75, 3.05) is 11.9 Å². The molecule has 0 atom stereocenters. The molecule has 1 aliphatic heterocycles. The quantitative estimate of drug-likeness (QED) is 0.404. The molecule has 3 heterocycles. The Morgan fingerprint density at radius 1 is 1.15 bits per heavy atom. The zero-order chi connectivity index (χ0) is 23.3. The summed E-state index contributed by atoms with van der Waals surface area (Å²) in [7, 11) is 0. The zero-order valence-electron chi connectivity index (χ0n) is 18.5. The molecule has 8 heteroatoms. The fraction of sp³-hybridized carbons (Fsp3) is 0.240. The maximum atomic E-state index is 13.2. The summed E-state index contributed by atoms with van der Waals surface area (Å²) in [5, 5.41) is 7.94. The normalized spacial score (nSPS) is 14.8. The minimum atomic E-state index is -0.278. The third-order valence-corrected chi connectivity index (χ3v) is 6.70. The summed E-state index contributed by atoms with van der Waals surface area (Å²) >= 11 is 12.7. The maximum absolute atomic E-state index is 13.2. The van der Waals surface area contributed by atoms with E-state index in [1.54, 1.807) is 30.6 Å². The number of nitrogens with one attached hydrogen (secondary N) is 2. The Morgan fingerprint density at radius 2 is 1.91 bits per heavy atom. The van der Waals surface area contributed by atoms with E-state index in [2.05, 4.69) is 46.6 Å². The number of rotatable bonds is 3. The van der Waals surface area contributed by atoms with Gasteiger partial charge in [0.15, 0.2) is 0 Å². The van der Waals surface area contributed by atoms with Gasteiger partial charge in [0.05, 0.1) is 26.6 Å². The first-order valence-corrected chi connectivity index (χ1v) is 11.4. The molecule has 0 spiro atoms. The standard InChI is InChI=1S/C25H23Cl2N5O/c1-14-12-32(22-19(26)5-4-6-20(22)27)23(33)17-11-29-24(31-21(14)17)30-16-7-8-18-15(9-16)10-28-13-25(18,2)3/h4-9,11-12,28H,10,13H2,1-3H3,(H,29,30,31). The minimum absolute atomic E-state index is 0.0904. The van der Waals surface area contributed by atoms with Crippen molar-refractivity contribution in [2.45, 2.75) is 32.7 Å². The van der Waals surface area contributed by atoms with Crippen molar-refractivity contribution < 1.29 is 0 Å². The summed E-state index contributed by atoms with van der Waals surface area (Å²) in [6, 6.07) is 11.5. The second-order valence-corrected chi connectivity index (χ2v) is 9.81. The lowest BCUT2D eigenvalue weighted by Crippen LogP contribution is -2.38. The van der Waals surface area contributed by atoms with Crippen LogP contribution in [-0.4, -0.2) is 21.1 Å². The molecule has 0 saturated heterocycles. The lowest BCUT2D eigenvalue weighted by atomic mass is 9.79. The first-order chi connectivity index (χ1) is 15.7. The Labute approximate surface area is 201 Å². The number of fused-ring (bicyclic) bond motifs is 2. The van der Waals surface area contributed by atoms with Gasteiger partial charge in [-0.25, -0.2) is 9.97 Å². The summed E-state index contributed by atoms with van der Waals surface area (Å²) in [5.41, 5.74) is 5.16. The molecule has 0 bridgehead atoms. The average molecular weight is 480 g/mol. The van der Waals surface area contributed by atoms with Gasteiger partial charge >= 0.3 is 0 Å². The Hall–Kier alpha value is -2.93. The number of aromatic nitrogens is 3. The van der Waals surface area contributed by atoms with E-state index in [9.17, 15) is 4.79 Å². The second-order valence-electron chi connectivity index (χ2n) is 9.00. The number of hydrogen-bond donors (Lipinski definition) is 2. The molecule has 168 valence electrons. The van der Waals surface area contributed by atoms with Crippen LogP contribution in [0.1, 0.15) is 30.5 Å². The topological polar surface area (TPSA) is 71.8 Å². The summed E-state index contributed by atoms with van der Waals surface area (Å²) in [5.74, 6) is 0.432. The lowest BCUT2D eigenvalue weighted by Gasteiger charge is -2.33. The smallest absolute Gasteiger partial charge is 0.266 e. The Morgan fingerprint density at radius 3 is 2.67 bits per heavy atom. The molecule has 4 aromatic rings. The number of pyridine rings is 1. The van der Waals surface area contributed by atoms with Crippen LogP contribution in [0.4, 0.5) is 11.6 Å². The SMILES string of the molecule is Cc1cn(-c2c(Cl)cccc2Cl)c(=O)c2cnc(Nc3ccc4c(c3)CNCC4(C)C)nc12. The van der Waals surface area contributed by atoms with Crippen molar-refractivity contribution >= 4 is 45.7 Å². The number of aryl methyl sites for hydroxylation is 1. The van der Waals surface area contributed by atoms with Crippen LogP contribution in [0.3, 0.4) is 0 Å². The fourth-order valence-electron chi connectivity index (χ4n) is 4.44. The molecule has 0 radical (unpaired) electrons. The molecular weight excluding hydrogens is 457 g/mol. The molecular formula is C25H23Cl2N5O. The van der Waals surface area contributed by atoms with E-state index in [-0.39, 0.29) is 11.0 Å². The Bertz CT molecular complexity index is 1440. The van der Waals surface area contributed by atoms with E-state index < -0.39 is 0 Å². The van der Waals surface area contributed by atoms with E-state index in [0.29, 0.717) is 32.6 Å². The van der Waals surface area contributed by atoms with Gasteiger partial charge in [0.25, 0.3) is 5.56 Å². The van der Waals surface area contributed by atoms with Crippen molar-refractivity contribution in [3.05, 3.63) is 85.9 Å². The van der Waals surface area contributed by atoms with Gasteiger partial charge in [0.1, 0.15) is 0 Å². The van der Waals surface area contributed by atoms with E-state index in [1.807, 2.05) is 13.0 Å². The molecule has 33 heavy (non-hydrogen) atoms. The van der Waals surface area contributed by atoms with Gasteiger partial charge in [-0.2, -0.15) is 0 Å². The molecule has 0 aliphatic carbocycles. The van der Waals surface area contributed by atoms with Gasteiger partial charge in [0.2, 0.25) is 5.95 Å². The number of benzene rings is 2. The number of nitrogens with zero attached hydrogens (tertiary/aromatic N) is 3. The summed E-state index contributed by atoms with van der Waals surface area (Å²) in [6.45, 7) is 8.16. The van der Waals surface area contributed by atoms with Crippen LogP contribution in [0.2, 0.25) is 10.0 Å². The summed E-state index contributed by atoms with van der Waals surface area (Å²) in [4.78, 5) is 22.3. The molecule has 6 nitrogen and oxygen atoms in total. The highest BCUT2D eigenvalue weighted by Crippen LogP contribution is 2.32. The summed E-state index contributed by atoms with van der Waals surface area (Å²) in [6.07, 6.45) is 3.26. The van der Waals surface area contributed by atoms with Crippen molar-refractivity contribution in [1.82, 2.24) is 19.9 Å². The molecule has 5 rings (SSSR count). The molecule has 2 N–H and O–H groups in total. The maximum Gasteiger partial charge on any atom is 0.266 e. The van der Waals surface area contributed by atoms with E-state index in [4.69, 9.17) is 23.2 Å². The largest absolute Gasteiger partial charge is 0.324 e. The van der Waals surface area contributed by atoms with Gasteiger partial charge in [-0.05, 0) is 47.9 Å². The Balaban J connectivity index is 1.54. The van der Waals surface area contributed by atoms with Crippen LogP contribution in [0, 0.1) is 6.92 Å². The lowest BCUT2D eigenvalue weighted by molar-refractivity contribution is 0.435. The van der Waals surface area contributed by atoms with Crippen LogP contribution < -0.4 is 16.2 Å². The van der Waals surface area contributed by atoms with Crippen molar-refractivity contribution in [3.8, 4) is 5.69 Å². The molecule has 0 fully saturated rings. The third kappa shape index (κ3) is 3.88. The molecule has 2 aromatic heterocycles. The van der Waals surface area contributed by atoms with Gasteiger partial charge in [-0.15, -0.1) is 0 Å². The highest BCUT2D eigenvalue weighted by molar-refractivity contribution is 6.37.